The highest BCUT2D eigenvalue weighted by Crippen LogP contribution is 2.13. The zero-order valence-corrected chi connectivity index (χ0v) is 40.7. The molecule has 0 amide bonds. The number of ether oxygens (including phenoxy) is 3. The van der Waals surface area contributed by atoms with Crippen molar-refractivity contribution in [2.75, 3.05) is 41.0 Å². The van der Waals surface area contributed by atoms with Gasteiger partial charge in [0.15, 0.2) is 12.1 Å². The van der Waals surface area contributed by atoms with Crippen LogP contribution in [0.4, 0.5) is 0 Å². The average molecular weight is 879 g/mol. The first-order valence-corrected chi connectivity index (χ1v) is 24.8. The first-order chi connectivity index (χ1) is 30.6. The molecule has 0 bridgehead atoms. The first-order valence-electron chi connectivity index (χ1n) is 24.8. The minimum Gasteiger partial charge on any atom is -0.477 e. The predicted molar refractivity (Wildman–Crippen MR) is 266 cm³/mol. The number of nitrogens with zero attached hydrogens (tertiary/aromatic N) is 1. The molecule has 0 radical (unpaired) electrons. The number of hydrogen-bond acceptors (Lipinski definition) is 6. The zero-order valence-electron chi connectivity index (χ0n) is 40.7. The molecule has 0 spiro atoms. The van der Waals surface area contributed by atoms with Gasteiger partial charge in [0.25, 0.3) is 0 Å². The second-order valence-corrected chi connectivity index (χ2v) is 17.4. The number of esters is 2. The molecule has 0 heterocycles. The summed E-state index contributed by atoms with van der Waals surface area (Å²) in [5.74, 6) is -1.54. The van der Waals surface area contributed by atoms with Crippen molar-refractivity contribution in [1.29, 1.82) is 0 Å². The maximum atomic E-state index is 12.8. The van der Waals surface area contributed by atoms with Crippen LogP contribution >= 0.6 is 0 Å². The molecule has 0 fully saturated rings. The summed E-state index contributed by atoms with van der Waals surface area (Å²) in [7, 11) is 5.50. The van der Waals surface area contributed by atoms with Crippen molar-refractivity contribution in [3.63, 3.8) is 0 Å². The Balaban J connectivity index is 4.38. The third-order valence-corrected chi connectivity index (χ3v) is 10.5. The number of carboxylic acids is 1. The molecule has 358 valence electrons. The number of carboxylic acid groups (broad SMARTS) is 1. The van der Waals surface area contributed by atoms with Crippen LogP contribution in [0.5, 0.6) is 0 Å². The quantitative estimate of drug-likeness (QED) is 0.0214. The Morgan fingerprint density at radius 2 is 0.937 bits per heavy atom. The number of carbonyl (C=O) groups excluding carboxylic acids is 2. The van der Waals surface area contributed by atoms with Gasteiger partial charge in [0.2, 0.25) is 0 Å². The molecule has 0 aliphatic heterocycles. The summed E-state index contributed by atoms with van der Waals surface area (Å²) in [6.07, 6.45) is 60.3. The van der Waals surface area contributed by atoms with Gasteiger partial charge in [-0.1, -0.05) is 169 Å². The number of aliphatic carboxylic acids is 1. The van der Waals surface area contributed by atoms with Gasteiger partial charge >= 0.3 is 17.9 Å². The van der Waals surface area contributed by atoms with E-state index in [0.717, 1.165) is 103 Å². The third-order valence-electron chi connectivity index (χ3n) is 10.5. The predicted octanol–water partition coefficient (Wildman–Crippen LogP) is 14.2. The lowest BCUT2D eigenvalue weighted by Gasteiger charge is -2.31. The van der Waals surface area contributed by atoms with Gasteiger partial charge in [-0.3, -0.25) is 9.59 Å². The Labute approximate surface area is 386 Å². The molecule has 8 heteroatoms. The van der Waals surface area contributed by atoms with Crippen LogP contribution in [0.2, 0.25) is 0 Å². The van der Waals surface area contributed by atoms with E-state index in [1.54, 1.807) is 0 Å². The van der Waals surface area contributed by atoms with E-state index >= 15 is 0 Å². The minimum atomic E-state index is -0.887. The molecular formula is C55H92NO7+. The molecule has 63 heavy (non-hydrogen) atoms. The molecule has 0 aliphatic rings. The summed E-state index contributed by atoms with van der Waals surface area (Å²) in [6, 6.07) is -0.629. The van der Waals surface area contributed by atoms with Crippen LogP contribution in [-0.2, 0) is 28.6 Å². The van der Waals surface area contributed by atoms with Crippen molar-refractivity contribution >= 4 is 17.9 Å². The first kappa shape index (κ1) is 59.2. The standard InChI is InChI=1S/C55H91NO7/c1-6-8-10-12-14-16-18-20-22-24-25-26-27-28-29-30-32-33-35-37-39-41-43-45-53(57)62-50-51(49-61-48-47-52(55(59)60)56(3,4)5)63-54(58)46-44-42-40-38-36-34-31-23-21-19-17-15-13-11-9-7-2/h8,10,14,16,20,22-23,25-26,28-29,31-34,36,51-52H,6-7,9,11-13,15,17-19,21,24,27,30,35,37-50H2,1-5H3/p+1/b10-8+,16-14+,22-20+,26-25+,29-28+,31-23+,33-32+,36-34+. The molecule has 1 N–H and O–H groups in total. The van der Waals surface area contributed by atoms with Gasteiger partial charge < -0.3 is 23.8 Å². The second kappa shape index (κ2) is 44.8. The summed E-state index contributed by atoms with van der Waals surface area (Å²) < 4.78 is 17.3. The molecule has 0 aliphatic carbocycles. The number of likely N-dealkylation sites (N-methyl/N-ethyl adjacent to an activating group) is 1. The smallest absolute Gasteiger partial charge is 0.362 e. The summed E-state index contributed by atoms with van der Waals surface area (Å²) in [5.41, 5.74) is 0. The van der Waals surface area contributed by atoms with Gasteiger partial charge in [-0.25, -0.2) is 4.79 Å². The number of carbonyl (C=O) groups is 3. The normalized spacial score (nSPS) is 13.7. The van der Waals surface area contributed by atoms with E-state index in [0.29, 0.717) is 12.8 Å². The maximum Gasteiger partial charge on any atom is 0.362 e. The van der Waals surface area contributed by atoms with Crippen LogP contribution in [-0.4, -0.2) is 80.6 Å². The summed E-state index contributed by atoms with van der Waals surface area (Å²) >= 11 is 0. The van der Waals surface area contributed by atoms with Gasteiger partial charge in [0, 0.05) is 19.3 Å². The minimum absolute atomic E-state index is 0.0361. The van der Waals surface area contributed by atoms with Gasteiger partial charge in [0.05, 0.1) is 34.4 Å². The lowest BCUT2D eigenvalue weighted by molar-refractivity contribution is -0.887. The lowest BCUT2D eigenvalue weighted by Crippen LogP contribution is -2.50. The molecule has 2 unspecified atom stereocenters. The van der Waals surface area contributed by atoms with Gasteiger partial charge in [-0.2, -0.15) is 0 Å². The van der Waals surface area contributed by atoms with Crippen LogP contribution in [0.3, 0.4) is 0 Å². The third kappa shape index (κ3) is 43.3. The van der Waals surface area contributed by atoms with Crippen molar-refractivity contribution in [3.8, 4) is 0 Å². The van der Waals surface area contributed by atoms with E-state index < -0.39 is 18.1 Å². The number of allylic oxidation sites excluding steroid dienone is 16. The summed E-state index contributed by atoms with van der Waals surface area (Å²) in [4.78, 5) is 37.1. The zero-order chi connectivity index (χ0) is 46.3. The van der Waals surface area contributed by atoms with E-state index in [4.69, 9.17) is 14.2 Å². The van der Waals surface area contributed by atoms with Crippen molar-refractivity contribution in [1.82, 2.24) is 0 Å². The number of hydrogen-bond donors (Lipinski definition) is 1. The highest BCUT2D eigenvalue weighted by atomic mass is 16.6. The second-order valence-electron chi connectivity index (χ2n) is 17.4. The van der Waals surface area contributed by atoms with Crippen LogP contribution in [0.15, 0.2) is 97.2 Å². The lowest BCUT2D eigenvalue weighted by atomic mass is 10.1. The molecule has 8 nitrogen and oxygen atoms in total. The van der Waals surface area contributed by atoms with Crippen molar-refractivity contribution in [2.45, 2.75) is 193 Å². The van der Waals surface area contributed by atoms with Crippen LogP contribution < -0.4 is 0 Å². The van der Waals surface area contributed by atoms with Crippen molar-refractivity contribution < 1.29 is 38.2 Å². The molecule has 0 rings (SSSR count). The molecule has 0 saturated carbocycles. The van der Waals surface area contributed by atoms with Gasteiger partial charge in [-0.05, 0) is 89.9 Å². The van der Waals surface area contributed by atoms with E-state index in [1.165, 1.54) is 44.9 Å². The molecule has 2 atom stereocenters. The fourth-order valence-corrected chi connectivity index (χ4v) is 6.67. The Hall–Kier alpha value is -3.75. The summed E-state index contributed by atoms with van der Waals surface area (Å²) in [6.45, 7) is 4.55. The number of quaternary nitrogens is 1. The van der Waals surface area contributed by atoms with E-state index in [9.17, 15) is 19.5 Å². The summed E-state index contributed by atoms with van der Waals surface area (Å²) in [5, 5.41) is 9.64. The van der Waals surface area contributed by atoms with Gasteiger partial charge in [-0.15, -0.1) is 0 Å². The molecular weight excluding hydrogens is 787 g/mol. The van der Waals surface area contributed by atoms with Gasteiger partial charge in [0.1, 0.15) is 6.61 Å². The maximum absolute atomic E-state index is 12.8. The van der Waals surface area contributed by atoms with E-state index in [1.807, 2.05) is 21.1 Å². The largest absolute Gasteiger partial charge is 0.477 e. The fraction of sp³-hybridized carbons (Fsp3) is 0.655. The Kier molecular flexibility index (Phi) is 42.2. The molecule has 0 aromatic rings. The fourth-order valence-electron chi connectivity index (χ4n) is 6.67. The van der Waals surface area contributed by atoms with E-state index in [-0.39, 0.29) is 42.7 Å². The number of rotatable bonds is 43. The van der Waals surface area contributed by atoms with E-state index in [2.05, 4.69) is 111 Å². The van der Waals surface area contributed by atoms with Crippen molar-refractivity contribution in [3.05, 3.63) is 97.2 Å². The number of unbranched alkanes of at least 4 members (excludes halogenated alkanes) is 14. The molecule has 0 aromatic heterocycles. The van der Waals surface area contributed by atoms with Crippen LogP contribution in [0.1, 0.15) is 181 Å². The monoisotopic (exact) mass is 879 g/mol. The Bertz CT molecular complexity index is 1350. The Morgan fingerprint density at radius 3 is 1.43 bits per heavy atom. The van der Waals surface area contributed by atoms with Crippen molar-refractivity contribution in [2.24, 2.45) is 0 Å². The topological polar surface area (TPSA) is 99.1 Å². The molecule has 0 aromatic carbocycles. The molecule has 0 saturated heterocycles. The highest BCUT2D eigenvalue weighted by molar-refractivity contribution is 5.72. The highest BCUT2D eigenvalue weighted by Gasteiger charge is 2.31. The Morgan fingerprint density at radius 1 is 0.508 bits per heavy atom. The van der Waals surface area contributed by atoms with Crippen LogP contribution in [0.25, 0.3) is 0 Å². The SMILES string of the molecule is CC/C=C/C/C=C/C/C=C/C/C=C/C/C=C/C/C=C/CCCCCCC(=O)OCC(COCCC(C(=O)O)[N+](C)(C)C)OC(=O)CCCCC/C=C/C=C/CCCCCCCCC. The average Bonchev–Trinajstić information content (AvgIpc) is 3.24. The van der Waals surface area contributed by atoms with Crippen LogP contribution in [0, 0.1) is 0 Å².